The van der Waals surface area contributed by atoms with Crippen molar-refractivity contribution in [3.05, 3.63) is 130 Å². The molecule has 17 rings (SSSR count). The van der Waals surface area contributed by atoms with E-state index in [1.807, 2.05) is 21.6 Å². The Morgan fingerprint density at radius 3 is 2.23 bits per heavy atom. The molecule has 7 saturated carbocycles. The zero-order valence-corrected chi connectivity index (χ0v) is 57.0. The third-order valence-electron chi connectivity index (χ3n) is 30.5. The summed E-state index contributed by atoms with van der Waals surface area (Å²) in [6.45, 7) is 7.29. The molecule has 488 valence electrons. The van der Waals surface area contributed by atoms with Crippen LogP contribution in [0, 0.1) is 79.3 Å². The molecule has 20 unspecified atom stereocenters. The van der Waals surface area contributed by atoms with E-state index in [1.54, 1.807) is 33.7 Å². The predicted octanol–water partition coefficient (Wildman–Crippen LogP) is 18.0. The minimum Gasteiger partial charge on any atom is -0.462 e. The summed E-state index contributed by atoms with van der Waals surface area (Å²) in [5.41, 5.74) is 3.09. The van der Waals surface area contributed by atoms with Crippen LogP contribution in [0.15, 0.2) is 103 Å². The molecule has 4 aliphatic heterocycles. The summed E-state index contributed by atoms with van der Waals surface area (Å²) >= 11 is 0. The Morgan fingerprint density at radius 1 is 0.685 bits per heavy atom. The van der Waals surface area contributed by atoms with Crippen LogP contribution in [-0.4, -0.2) is 68.8 Å². The normalized spacial score (nSPS) is 44.8. The van der Waals surface area contributed by atoms with Crippen LogP contribution >= 0.6 is 21.6 Å². The van der Waals surface area contributed by atoms with Crippen molar-refractivity contribution >= 4 is 44.3 Å². The number of ether oxygens (including phenoxy) is 2. The summed E-state index contributed by atoms with van der Waals surface area (Å²) in [5.74, 6) is 10.1. The zero-order chi connectivity index (χ0) is 62.7. The van der Waals surface area contributed by atoms with Gasteiger partial charge in [0.25, 0.3) is 0 Å². The van der Waals surface area contributed by atoms with E-state index in [-0.39, 0.29) is 63.7 Å². The molecule has 13 aliphatic rings. The second-order valence-electron chi connectivity index (χ2n) is 34.4. The maximum atomic E-state index is 16.7. The minimum absolute atomic E-state index is 0.0735. The summed E-state index contributed by atoms with van der Waals surface area (Å²) < 4.78 is 13.4. The molecule has 7 nitrogen and oxygen atoms in total. The Bertz CT molecular complexity index is 3640. The smallest absolute Gasteiger partial charge is 0.331 e. The van der Waals surface area contributed by atoms with Gasteiger partial charge in [0, 0.05) is 41.3 Å². The molecule has 4 heterocycles. The second-order valence-corrected chi connectivity index (χ2v) is 37.1. The predicted molar refractivity (Wildman–Crippen MR) is 369 cm³/mol. The first kappa shape index (κ1) is 61.5. The number of aliphatic hydroxyl groups excluding tert-OH is 2. The van der Waals surface area contributed by atoms with Crippen LogP contribution in [0.25, 0.3) is 10.8 Å². The molecule has 20 atom stereocenters. The lowest BCUT2D eigenvalue weighted by Gasteiger charge is -2.72. The Kier molecular flexibility index (Phi) is 15.1. The van der Waals surface area contributed by atoms with Gasteiger partial charge in [-0.1, -0.05) is 171 Å². The minimum atomic E-state index is -1.77. The van der Waals surface area contributed by atoms with Crippen LogP contribution in [0.5, 0.6) is 0 Å². The number of aliphatic hydroxyl groups is 3. The second kappa shape index (κ2) is 22.5. The number of hydrogen-bond acceptors (Lipinski definition) is 9. The lowest BCUT2D eigenvalue weighted by Crippen LogP contribution is -2.79. The van der Waals surface area contributed by atoms with E-state index in [4.69, 9.17) is 9.47 Å². The SMILES string of the molecule is CC12CCC(SSCC(Cc3ccccc3)C1)C1CCCCC13CC#CC1(C)CC(OC3=O)C3C(C)(C4CCC56CC7(CCCC7)C7CC8(c9ccccc9)CCCCC8c8ccc9cccc(c9c8C75)C6C4)CCC(O)C3(C(O)CC2)C1(O)CCC1=CC(=O)OC1. The number of carbonyl (C=O) groups is 2. The first-order chi connectivity index (χ1) is 44.5. The van der Waals surface area contributed by atoms with E-state index < -0.39 is 51.5 Å². The van der Waals surface area contributed by atoms with Crippen LogP contribution in [0.3, 0.4) is 0 Å². The quantitative estimate of drug-likeness (QED) is 0.0946. The van der Waals surface area contributed by atoms with Crippen molar-refractivity contribution < 1.29 is 34.4 Å². The average Bonchev–Trinajstić information content (AvgIpc) is 1.19. The van der Waals surface area contributed by atoms with Gasteiger partial charge in [-0.3, -0.25) is 4.79 Å². The van der Waals surface area contributed by atoms with E-state index in [1.165, 1.54) is 75.2 Å². The summed E-state index contributed by atoms with van der Waals surface area (Å²) in [4.78, 5) is 29.6. The summed E-state index contributed by atoms with van der Waals surface area (Å²) in [5, 5.41) is 47.2. The number of benzene rings is 4. The molecule has 3 N–H and O–H groups in total. The van der Waals surface area contributed by atoms with Crippen molar-refractivity contribution in [1.82, 2.24) is 0 Å². The largest absolute Gasteiger partial charge is 0.462 e. The third-order valence-corrected chi connectivity index (χ3v) is 33.6. The fraction of sp³-hybridized carbons (Fsp3) is 0.663. The molecule has 0 amide bonds. The maximum absolute atomic E-state index is 16.7. The van der Waals surface area contributed by atoms with Crippen molar-refractivity contribution in [2.24, 2.45) is 67.5 Å². The fourth-order valence-corrected chi connectivity index (χ4v) is 30.1. The van der Waals surface area contributed by atoms with E-state index in [0.717, 1.165) is 88.4 Å². The monoisotopic (exact) mass is 1270 g/mol. The van der Waals surface area contributed by atoms with Crippen molar-refractivity contribution in [3.8, 4) is 11.8 Å². The van der Waals surface area contributed by atoms with Crippen molar-refractivity contribution in [2.75, 3.05) is 12.4 Å². The maximum Gasteiger partial charge on any atom is 0.331 e. The van der Waals surface area contributed by atoms with Gasteiger partial charge in [-0.15, -0.1) is 5.92 Å². The Morgan fingerprint density at radius 2 is 1.43 bits per heavy atom. The molecule has 3 spiro atoms. The Hall–Kier alpha value is -4.04. The van der Waals surface area contributed by atoms with Crippen LogP contribution in [0.2, 0.25) is 0 Å². The molecular weight excluding hydrogens is 1170 g/mol. The lowest BCUT2D eigenvalue weighted by molar-refractivity contribution is -0.340. The van der Waals surface area contributed by atoms with Gasteiger partial charge in [-0.2, -0.15) is 0 Å². The zero-order valence-electron chi connectivity index (χ0n) is 55.4. The Labute approximate surface area is 556 Å². The van der Waals surface area contributed by atoms with Gasteiger partial charge in [0.1, 0.15) is 12.7 Å². The highest BCUT2D eigenvalue weighted by atomic mass is 33.1. The fourth-order valence-electron chi connectivity index (χ4n) is 26.7. The van der Waals surface area contributed by atoms with Gasteiger partial charge in [0.2, 0.25) is 0 Å². The molecule has 92 heavy (non-hydrogen) atoms. The molecule has 0 radical (unpaired) electrons. The summed E-state index contributed by atoms with van der Waals surface area (Å²) in [6, 6.07) is 35.5. The first-order valence-corrected chi connectivity index (χ1v) is 39.5. The third kappa shape index (κ3) is 8.91. The average molecular weight is 1280 g/mol. The molecule has 6 bridgehead atoms. The topological polar surface area (TPSA) is 113 Å². The van der Waals surface area contributed by atoms with E-state index in [2.05, 4.69) is 124 Å². The number of esters is 2. The van der Waals surface area contributed by atoms with Gasteiger partial charge in [0.05, 0.1) is 34.1 Å². The number of fused-ring (bicyclic) bond motifs is 10. The van der Waals surface area contributed by atoms with Gasteiger partial charge >= 0.3 is 11.9 Å². The Balaban J connectivity index is 0.841. The number of hydrogen-bond donors (Lipinski definition) is 3. The van der Waals surface area contributed by atoms with Gasteiger partial charge in [-0.05, 0) is 249 Å². The highest BCUT2D eigenvalue weighted by molar-refractivity contribution is 8.76. The molecule has 4 aromatic rings. The lowest BCUT2D eigenvalue weighted by atomic mass is 9.34. The molecule has 9 aliphatic carbocycles. The molecule has 9 fully saturated rings. The first-order valence-electron chi connectivity index (χ1n) is 37.1. The van der Waals surface area contributed by atoms with Crippen LogP contribution in [-0.2, 0) is 30.9 Å². The number of rotatable bonds is 7. The van der Waals surface area contributed by atoms with Crippen LogP contribution in [0.1, 0.15) is 246 Å². The summed E-state index contributed by atoms with van der Waals surface area (Å²) in [7, 11) is 4.07. The number of cyclic esters (lactones) is 1. The van der Waals surface area contributed by atoms with Crippen molar-refractivity contribution in [3.63, 3.8) is 0 Å². The molecule has 2 saturated heterocycles. The van der Waals surface area contributed by atoms with E-state index in [9.17, 15) is 15.0 Å². The highest BCUT2D eigenvalue weighted by Gasteiger charge is 2.79. The van der Waals surface area contributed by atoms with Crippen LogP contribution < -0.4 is 0 Å². The van der Waals surface area contributed by atoms with Gasteiger partial charge in [0.15, 0.2) is 0 Å². The van der Waals surface area contributed by atoms with Gasteiger partial charge < -0.3 is 24.8 Å². The molecule has 9 heteroatoms. The van der Waals surface area contributed by atoms with E-state index in [0.29, 0.717) is 68.1 Å². The molecule has 0 aromatic heterocycles. The molecular formula is C83H102O7S2. The van der Waals surface area contributed by atoms with Gasteiger partial charge in [-0.25, -0.2) is 4.79 Å². The summed E-state index contributed by atoms with van der Waals surface area (Å²) in [6.07, 6.45) is 25.9. The van der Waals surface area contributed by atoms with Crippen LogP contribution in [0.4, 0.5) is 0 Å². The standard InChI is InChI=1S/C83H102O7S2/c1-75-39-30-66(92-91-51-55(47-75)44-53-18-6-4-7-19-53)62-25-11-12-36-79(62)38-17-33-76(2)49-65(90-74(79)87)73-77(3,41-32-68(85)83(73,67(84)31-40-75)82(76,88)43-28-54-45-69(86)89-50-54)58-29-42-81-52-78(34-14-15-35-78)64-48-80(57-21-8-5-9-22-57)37-13-10-24-61(80)60-27-26-56-20-16-23-59(63(81)46-58)70(56)71(60)72(64)81/h4-9,16,18-23,26-27,45,55,58,61-68,72-73,84-85,88H,10-15,24-25,28-32,34-44,46-52H2,1-3H3. The molecule has 4 aromatic carbocycles. The van der Waals surface area contributed by atoms with E-state index >= 15 is 9.90 Å². The highest BCUT2D eigenvalue weighted by Crippen LogP contribution is 2.82. The number of carbonyl (C=O) groups excluding carboxylic acids is 2. The van der Waals surface area contributed by atoms with Crippen molar-refractivity contribution in [2.45, 2.75) is 259 Å². The van der Waals surface area contributed by atoms with Crippen molar-refractivity contribution in [1.29, 1.82) is 0 Å².